The lowest BCUT2D eigenvalue weighted by atomic mass is 9.88. The number of halogens is 1. The Morgan fingerprint density at radius 1 is 1.28 bits per heavy atom. The van der Waals surface area contributed by atoms with Gasteiger partial charge in [0.05, 0.1) is 6.04 Å². The molecule has 0 spiro atoms. The van der Waals surface area contributed by atoms with E-state index in [2.05, 4.69) is 15.3 Å². The normalized spacial score (nSPS) is 19.0. The maximum absolute atomic E-state index is 15.5. The summed E-state index contributed by atoms with van der Waals surface area (Å²) in [5, 5.41) is 2.90. The zero-order valence-electron chi connectivity index (χ0n) is 18.7. The minimum absolute atomic E-state index is 0.0177. The van der Waals surface area contributed by atoms with E-state index in [0.717, 1.165) is 24.2 Å². The molecule has 1 unspecified atom stereocenters. The second-order valence-corrected chi connectivity index (χ2v) is 9.48. The molecule has 0 aliphatic carbocycles. The highest BCUT2D eigenvalue weighted by Gasteiger charge is 2.32. The third-order valence-corrected chi connectivity index (χ3v) is 5.72. The number of fused-ring (bicyclic) bond motifs is 1. The van der Waals surface area contributed by atoms with Crippen molar-refractivity contribution in [2.45, 2.75) is 52.1 Å². The van der Waals surface area contributed by atoms with Crippen LogP contribution in [0.3, 0.4) is 0 Å². The fourth-order valence-electron chi connectivity index (χ4n) is 4.30. The highest BCUT2D eigenvalue weighted by molar-refractivity contribution is 5.82. The SMILES string of the molecule is CC(C)(C)C[C@@H](Nc1ncnc(N2CCCC2c2ccc3c(c2)OCCO3)c1F)C(N)=O. The Bertz CT molecular complexity index is 994. The van der Waals surface area contributed by atoms with E-state index >= 15 is 4.39 Å². The average molecular weight is 444 g/mol. The van der Waals surface area contributed by atoms with E-state index in [9.17, 15) is 4.79 Å². The maximum Gasteiger partial charge on any atom is 0.239 e. The summed E-state index contributed by atoms with van der Waals surface area (Å²) in [6, 6.07) is 5.06. The van der Waals surface area contributed by atoms with Crippen molar-refractivity contribution in [2.24, 2.45) is 11.1 Å². The number of anilines is 2. The number of carbonyl (C=O) groups excluding carboxylic acids is 1. The molecule has 8 nitrogen and oxygen atoms in total. The lowest BCUT2D eigenvalue weighted by Gasteiger charge is -2.29. The van der Waals surface area contributed by atoms with Crippen LogP contribution in [0.5, 0.6) is 11.5 Å². The Morgan fingerprint density at radius 3 is 2.75 bits per heavy atom. The van der Waals surface area contributed by atoms with E-state index in [1.165, 1.54) is 6.33 Å². The number of amides is 1. The number of hydrogen-bond acceptors (Lipinski definition) is 7. The van der Waals surface area contributed by atoms with Crippen LogP contribution in [0, 0.1) is 11.2 Å². The van der Waals surface area contributed by atoms with Crippen molar-refractivity contribution in [1.29, 1.82) is 0 Å². The Kier molecular flexibility index (Phi) is 6.08. The van der Waals surface area contributed by atoms with Gasteiger partial charge in [0.15, 0.2) is 23.1 Å². The average Bonchev–Trinajstić information content (AvgIpc) is 3.23. The predicted octanol–water partition coefficient (Wildman–Crippen LogP) is 3.43. The fraction of sp³-hybridized carbons (Fsp3) is 0.522. The molecule has 172 valence electrons. The highest BCUT2D eigenvalue weighted by Crippen LogP contribution is 2.40. The number of nitrogens with zero attached hydrogens (tertiary/aromatic N) is 3. The van der Waals surface area contributed by atoms with Crippen molar-refractivity contribution in [1.82, 2.24) is 9.97 Å². The molecule has 1 fully saturated rings. The Balaban J connectivity index is 1.60. The van der Waals surface area contributed by atoms with Gasteiger partial charge in [-0.1, -0.05) is 26.8 Å². The molecule has 2 aromatic rings. The van der Waals surface area contributed by atoms with Gasteiger partial charge in [-0.2, -0.15) is 4.39 Å². The van der Waals surface area contributed by atoms with E-state index in [4.69, 9.17) is 15.2 Å². The van der Waals surface area contributed by atoms with Crippen LogP contribution in [0.25, 0.3) is 0 Å². The summed E-state index contributed by atoms with van der Waals surface area (Å²) in [4.78, 5) is 22.2. The third-order valence-electron chi connectivity index (χ3n) is 5.72. The number of ether oxygens (including phenoxy) is 2. The van der Waals surface area contributed by atoms with E-state index < -0.39 is 17.8 Å². The number of rotatable bonds is 6. The van der Waals surface area contributed by atoms with Gasteiger partial charge in [0.25, 0.3) is 0 Å². The monoisotopic (exact) mass is 443 g/mol. The molecule has 3 N–H and O–H groups in total. The first-order chi connectivity index (χ1) is 15.2. The van der Waals surface area contributed by atoms with Crippen LogP contribution in [-0.2, 0) is 4.79 Å². The number of primary amides is 1. The van der Waals surface area contributed by atoms with E-state index in [0.29, 0.717) is 31.9 Å². The zero-order valence-corrected chi connectivity index (χ0v) is 18.7. The van der Waals surface area contributed by atoms with Gasteiger partial charge in [0.2, 0.25) is 11.7 Å². The number of aromatic nitrogens is 2. The molecule has 1 amide bonds. The smallest absolute Gasteiger partial charge is 0.239 e. The van der Waals surface area contributed by atoms with Gasteiger partial charge in [-0.15, -0.1) is 0 Å². The highest BCUT2D eigenvalue weighted by atomic mass is 19.1. The second-order valence-electron chi connectivity index (χ2n) is 9.48. The summed E-state index contributed by atoms with van der Waals surface area (Å²) < 4.78 is 26.8. The molecule has 2 atom stereocenters. The van der Waals surface area contributed by atoms with Gasteiger partial charge in [0, 0.05) is 6.54 Å². The molecule has 1 saturated heterocycles. The van der Waals surface area contributed by atoms with Crippen LogP contribution in [0.4, 0.5) is 16.0 Å². The predicted molar refractivity (Wildman–Crippen MR) is 119 cm³/mol. The largest absolute Gasteiger partial charge is 0.486 e. The number of carbonyl (C=O) groups is 1. The summed E-state index contributed by atoms with van der Waals surface area (Å²) in [7, 11) is 0. The minimum Gasteiger partial charge on any atom is -0.486 e. The summed E-state index contributed by atoms with van der Waals surface area (Å²) in [5.74, 6) is 0.486. The molecule has 4 rings (SSSR count). The lowest BCUT2D eigenvalue weighted by molar-refractivity contribution is -0.119. The minimum atomic E-state index is -0.737. The molecule has 0 radical (unpaired) electrons. The first-order valence-electron chi connectivity index (χ1n) is 11.0. The Hall–Kier alpha value is -3.10. The summed E-state index contributed by atoms with van der Waals surface area (Å²) >= 11 is 0. The van der Waals surface area contributed by atoms with Crippen LogP contribution in [0.1, 0.15) is 51.6 Å². The van der Waals surface area contributed by atoms with Gasteiger partial charge in [-0.3, -0.25) is 4.79 Å². The molecular formula is C23H30FN5O3. The molecular weight excluding hydrogens is 413 g/mol. The van der Waals surface area contributed by atoms with Crippen molar-refractivity contribution < 1.29 is 18.7 Å². The van der Waals surface area contributed by atoms with Crippen molar-refractivity contribution in [3.63, 3.8) is 0 Å². The maximum atomic E-state index is 15.5. The summed E-state index contributed by atoms with van der Waals surface area (Å²) in [6.07, 6.45) is 3.53. The summed E-state index contributed by atoms with van der Waals surface area (Å²) in [6.45, 7) is 7.69. The molecule has 2 aliphatic heterocycles. The molecule has 9 heteroatoms. The number of nitrogens with one attached hydrogen (secondary N) is 1. The summed E-state index contributed by atoms with van der Waals surface area (Å²) in [5.41, 5.74) is 6.40. The second kappa shape index (κ2) is 8.80. The van der Waals surface area contributed by atoms with Crippen molar-refractivity contribution in [3.05, 3.63) is 35.9 Å². The van der Waals surface area contributed by atoms with Crippen LogP contribution < -0.4 is 25.4 Å². The van der Waals surface area contributed by atoms with E-state index in [1.54, 1.807) is 0 Å². The standard InChI is InChI=1S/C23H30FN5O3/c1-23(2,3)12-15(20(25)30)28-21-19(24)22(27-13-26-21)29-8-4-5-16(29)14-6-7-17-18(11-14)32-10-9-31-17/h6-7,11,13,15-16H,4-5,8-10,12H2,1-3H3,(H2,25,30)(H,26,27,28)/t15-,16?/m1/s1. The Morgan fingerprint density at radius 2 is 2.03 bits per heavy atom. The van der Waals surface area contributed by atoms with Gasteiger partial charge >= 0.3 is 0 Å². The van der Waals surface area contributed by atoms with Crippen molar-refractivity contribution in [3.8, 4) is 11.5 Å². The van der Waals surface area contributed by atoms with E-state index in [-0.39, 0.29) is 23.1 Å². The number of nitrogens with two attached hydrogens (primary N) is 1. The van der Waals surface area contributed by atoms with Crippen LogP contribution in [0.15, 0.2) is 24.5 Å². The molecule has 0 bridgehead atoms. The molecule has 1 aromatic carbocycles. The Labute approximate surface area is 187 Å². The van der Waals surface area contributed by atoms with Gasteiger partial charge < -0.3 is 25.4 Å². The molecule has 1 aromatic heterocycles. The number of benzene rings is 1. The quantitative estimate of drug-likeness (QED) is 0.705. The van der Waals surface area contributed by atoms with E-state index in [1.807, 2.05) is 43.9 Å². The zero-order chi connectivity index (χ0) is 22.9. The van der Waals surface area contributed by atoms with Gasteiger partial charge in [-0.25, -0.2) is 9.97 Å². The third kappa shape index (κ3) is 4.71. The van der Waals surface area contributed by atoms with Gasteiger partial charge in [-0.05, 0) is 42.4 Å². The topological polar surface area (TPSA) is 103 Å². The van der Waals surface area contributed by atoms with Crippen LogP contribution >= 0.6 is 0 Å². The number of hydrogen-bond donors (Lipinski definition) is 2. The van der Waals surface area contributed by atoms with Crippen LogP contribution in [0.2, 0.25) is 0 Å². The molecule has 3 heterocycles. The first-order valence-corrected chi connectivity index (χ1v) is 11.0. The molecule has 0 saturated carbocycles. The van der Waals surface area contributed by atoms with Crippen molar-refractivity contribution in [2.75, 3.05) is 30.0 Å². The fourth-order valence-corrected chi connectivity index (χ4v) is 4.30. The van der Waals surface area contributed by atoms with Gasteiger partial charge in [0.1, 0.15) is 25.6 Å². The lowest BCUT2D eigenvalue weighted by Crippen LogP contribution is -2.39. The van der Waals surface area contributed by atoms with Crippen LogP contribution in [-0.4, -0.2) is 41.7 Å². The molecule has 2 aliphatic rings. The molecule has 32 heavy (non-hydrogen) atoms. The van der Waals surface area contributed by atoms with Crippen molar-refractivity contribution >= 4 is 17.5 Å². The first kappa shape index (κ1) is 22.1.